The summed E-state index contributed by atoms with van der Waals surface area (Å²) >= 11 is 1.53. The molecular formula is C19H17FO3S. The van der Waals surface area contributed by atoms with E-state index >= 15 is 0 Å². The second-order valence-electron chi connectivity index (χ2n) is 5.65. The van der Waals surface area contributed by atoms with Crippen molar-refractivity contribution in [1.29, 1.82) is 0 Å². The first-order valence-electron chi connectivity index (χ1n) is 7.80. The summed E-state index contributed by atoms with van der Waals surface area (Å²) in [6.07, 6.45) is 1.92. The Kier molecular flexibility index (Phi) is 4.90. The quantitative estimate of drug-likeness (QED) is 0.616. The van der Waals surface area contributed by atoms with Gasteiger partial charge in [-0.05, 0) is 59.0 Å². The number of hydrogen-bond acceptors (Lipinski definition) is 4. The van der Waals surface area contributed by atoms with E-state index in [1.807, 2.05) is 16.8 Å². The first-order valence-corrected chi connectivity index (χ1v) is 8.74. The predicted molar refractivity (Wildman–Crippen MR) is 91.2 cm³/mol. The van der Waals surface area contributed by atoms with Gasteiger partial charge in [-0.2, -0.15) is 11.3 Å². The number of carbonyl (C=O) groups excluding carboxylic acids is 2. The van der Waals surface area contributed by atoms with Crippen molar-refractivity contribution >= 4 is 28.7 Å². The monoisotopic (exact) mass is 344 g/mol. The molecule has 2 atom stereocenters. The van der Waals surface area contributed by atoms with Crippen LogP contribution in [0.15, 0.2) is 47.2 Å². The third kappa shape index (κ3) is 3.17. The fraction of sp³-hybridized carbons (Fsp3) is 0.263. The molecule has 2 aromatic rings. The van der Waals surface area contributed by atoms with Gasteiger partial charge in [0.15, 0.2) is 5.78 Å². The highest BCUT2D eigenvalue weighted by Crippen LogP contribution is 2.41. The summed E-state index contributed by atoms with van der Waals surface area (Å²) in [5, 5.41) is 3.87. The molecule has 0 N–H and O–H groups in total. The zero-order valence-corrected chi connectivity index (χ0v) is 14.0. The lowest BCUT2D eigenvalue weighted by Crippen LogP contribution is -2.34. The van der Waals surface area contributed by atoms with Gasteiger partial charge in [-0.15, -0.1) is 0 Å². The topological polar surface area (TPSA) is 43.4 Å². The molecule has 0 saturated carbocycles. The summed E-state index contributed by atoms with van der Waals surface area (Å²) in [7, 11) is 0. The number of rotatable bonds is 4. The number of hydrogen-bond donors (Lipinski definition) is 0. The molecule has 124 valence electrons. The molecule has 1 aromatic carbocycles. The lowest BCUT2D eigenvalue weighted by Gasteiger charge is -2.29. The molecule has 0 spiro atoms. The molecule has 0 fully saturated rings. The van der Waals surface area contributed by atoms with Gasteiger partial charge in [0.2, 0.25) is 0 Å². The molecule has 24 heavy (non-hydrogen) atoms. The van der Waals surface area contributed by atoms with E-state index in [9.17, 15) is 14.0 Å². The lowest BCUT2D eigenvalue weighted by atomic mass is 9.74. The van der Waals surface area contributed by atoms with E-state index in [0.717, 1.165) is 11.1 Å². The van der Waals surface area contributed by atoms with E-state index in [1.54, 1.807) is 25.1 Å². The van der Waals surface area contributed by atoms with Crippen molar-refractivity contribution in [2.45, 2.75) is 19.3 Å². The van der Waals surface area contributed by atoms with Gasteiger partial charge in [-0.1, -0.05) is 18.2 Å². The second-order valence-corrected chi connectivity index (χ2v) is 6.43. The van der Waals surface area contributed by atoms with Gasteiger partial charge in [0.1, 0.15) is 11.7 Å². The van der Waals surface area contributed by atoms with Gasteiger partial charge in [0.25, 0.3) is 0 Å². The highest BCUT2D eigenvalue weighted by atomic mass is 32.1. The minimum Gasteiger partial charge on any atom is -0.465 e. The number of esters is 1. The van der Waals surface area contributed by atoms with Crippen molar-refractivity contribution in [3.05, 3.63) is 64.1 Å². The molecule has 1 aromatic heterocycles. The van der Waals surface area contributed by atoms with Crippen molar-refractivity contribution in [3.63, 3.8) is 0 Å². The van der Waals surface area contributed by atoms with Crippen LogP contribution >= 0.6 is 11.3 Å². The Morgan fingerprint density at radius 1 is 1.33 bits per heavy atom. The fourth-order valence-electron chi connectivity index (χ4n) is 3.10. The predicted octanol–water partition coefficient (Wildman–Crippen LogP) is 4.21. The highest BCUT2D eigenvalue weighted by Gasteiger charge is 2.40. The van der Waals surface area contributed by atoms with Crippen LogP contribution in [0.1, 0.15) is 30.4 Å². The van der Waals surface area contributed by atoms with Crippen LogP contribution in [0, 0.1) is 11.7 Å². The van der Waals surface area contributed by atoms with E-state index in [4.69, 9.17) is 4.74 Å². The van der Waals surface area contributed by atoms with E-state index in [0.29, 0.717) is 12.0 Å². The van der Waals surface area contributed by atoms with Gasteiger partial charge < -0.3 is 4.74 Å². The van der Waals surface area contributed by atoms with Crippen LogP contribution in [0.2, 0.25) is 0 Å². The average Bonchev–Trinajstić information content (AvgIpc) is 3.09. The zero-order valence-electron chi connectivity index (χ0n) is 13.2. The van der Waals surface area contributed by atoms with Crippen LogP contribution in [-0.2, 0) is 14.3 Å². The van der Waals surface area contributed by atoms with Gasteiger partial charge in [0, 0.05) is 5.92 Å². The largest absolute Gasteiger partial charge is 0.465 e. The summed E-state index contributed by atoms with van der Waals surface area (Å²) in [6.45, 7) is 1.88. The second kappa shape index (κ2) is 7.09. The zero-order chi connectivity index (χ0) is 17.1. The Bertz CT molecular complexity index is 780. The molecule has 3 rings (SSSR count). The number of carbonyl (C=O) groups is 2. The molecule has 1 heterocycles. The van der Waals surface area contributed by atoms with Crippen molar-refractivity contribution < 1.29 is 18.7 Å². The minimum absolute atomic E-state index is 0.188. The molecule has 0 amide bonds. The summed E-state index contributed by atoms with van der Waals surface area (Å²) in [5.74, 6) is -2.87. The summed E-state index contributed by atoms with van der Waals surface area (Å²) in [6, 6.07) is 8.22. The van der Waals surface area contributed by atoms with Crippen LogP contribution in [-0.4, -0.2) is 18.4 Å². The van der Waals surface area contributed by atoms with Gasteiger partial charge in [-0.25, -0.2) is 4.39 Å². The molecule has 0 radical (unpaired) electrons. The van der Waals surface area contributed by atoms with Gasteiger partial charge >= 0.3 is 5.97 Å². The van der Waals surface area contributed by atoms with E-state index in [2.05, 4.69) is 0 Å². The van der Waals surface area contributed by atoms with Gasteiger partial charge in [-0.3, -0.25) is 9.59 Å². The third-order valence-corrected chi connectivity index (χ3v) is 4.89. The smallest absolute Gasteiger partial charge is 0.317 e. The molecule has 0 unspecified atom stereocenters. The minimum atomic E-state index is -0.996. The van der Waals surface area contributed by atoms with E-state index < -0.39 is 23.6 Å². The summed E-state index contributed by atoms with van der Waals surface area (Å²) in [5.41, 5.74) is 2.15. The van der Waals surface area contributed by atoms with Crippen molar-refractivity contribution in [2.75, 3.05) is 6.61 Å². The number of thiophene rings is 1. The molecule has 1 aliphatic rings. The Balaban J connectivity index is 2.04. The summed E-state index contributed by atoms with van der Waals surface area (Å²) < 4.78 is 19.4. The van der Waals surface area contributed by atoms with Crippen LogP contribution in [0.4, 0.5) is 4.39 Å². The fourth-order valence-corrected chi connectivity index (χ4v) is 3.78. The Morgan fingerprint density at radius 2 is 2.12 bits per heavy atom. The number of benzene rings is 1. The Hall–Kier alpha value is -2.27. The average molecular weight is 344 g/mol. The maximum atomic E-state index is 14.3. The third-order valence-electron chi connectivity index (χ3n) is 4.20. The number of allylic oxidation sites excluding steroid dienone is 2. The standard InChI is InChI=1S/C19H17FO3S/c1-2-23-19(22)18-15(14-5-3-4-6-16(14)20)9-13(10-17(18)21)12-7-8-24-11-12/h3-8,10-11,15,18H,2,9H2,1H3/t15-,18-/m1/s1. The molecule has 0 aliphatic heterocycles. The van der Waals surface area contributed by atoms with Crippen molar-refractivity contribution in [3.8, 4) is 0 Å². The molecule has 1 aliphatic carbocycles. The van der Waals surface area contributed by atoms with Crippen LogP contribution in [0.3, 0.4) is 0 Å². The molecule has 5 heteroatoms. The van der Waals surface area contributed by atoms with Gasteiger partial charge in [0.05, 0.1) is 6.61 Å². The van der Waals surface area contributed by atoms with Crippen molar-refractivity contribution in [1.82, 2.24) is 0 Å². The lowest BCUT2D eigenvalue weighted by molar-refractivity contribution is -0.151. The summed E-state index contributed by atoms with van der Waals surface area (Å²) in [4.78, 5) is 24.9. The Morgan fingerprint density at radius 3 is 2.79 bits per heavy atom. The Labute approximate surface area is 143 Å². The highest BCUT2D eigenvalue weighted by molar-refractivity contribution is 7.08. The van der Waals surface area contributed by atoms with Crippen LogP contribution < -0.4 is 0 Å². The maximum absolute atomic E-state index is 14.3. The normalized spacial score (nSPS) is 20.6. The number of halogens is 1. The van der Waals surface area contributed by atoms with Crippen LogP contribution in [0.25, 0.3) is 5.57 Å². The van der Waals surface area contributed by atoms with Crippen molar-refractivity contribution in [2.24, 2.45) is 5.92 Å². The SMILES string of the molecule is CCOC(=O)[C@H]1C(=O)C=C(c2ccsc2)C[C@@H]1c1ccccc1F. The number of ether oxygens (including phenoxy) is 1. The van der Waals surface area contributed by atoms with Crippen LogP contribution in [0.5, 0.6) is 0 Å². The van der Waals surface area contributed by atoms with E-state index in [1.165, 1.54) is 23.5 Å². The van der Waals surface area contributed by atoms with E-state index in [-0.39, 0.29) is 12.4 Å². The number of ketones is 1. The molecule has 3 nitrogen and oxygen atoms in total. The molecule has 0 bridgehead atoms. The maximum Gasteiger partial charge on any atom is 0.317 e. The molecular weight excluding hydrogens is 327 g/mol. The first-order chi connectivity index (χ1) is 11.6. The first kappa shape index (κ1) is 16.6. The molecule has 0 saturated heterocycles.